The quantitative estimate of drug-likeness (QED) is 0.475. The van der Waals surface area contributed by atoms with E-state index in [0.717, 1.165) is 47.7 Å². The summed E-state index contributed by atoms with van der Waals surface area (Å²) in [5.41, 5.74) is 5.58. The Balaban J connectivity index is 1.58. The predicted octanol–water partition coefficient (Wildman–Crippen LogP) is 5.01. The first-order valence-electron chi connectivity index (χ1n) is 11.3. The maximum Gasteiger partial charge on any atom is 0.255 e. The summed E-state index contributed by atoms with van der Waals surface area (Å²) in [7, 11) is 0. The van der Waals surface area contributed by atoms with Gasteiger partial charge >= 0.3 is 0 Å². The van der Waals surface area contributed by atoms with Crippen LogP contribution in [0.1, 0.15) is 41.4 Å². The molecule has 3 N–H and O–H groups in total. The number of amides is 1. The molecule has 2 atom stereocenters. The number of halogens is 1. The molecule has 0 saturated carbocycles. The smallest absolute Gasteiger partial charge is 0.255 e. The Morgan fingerprint density at radius 2 is 2.21 bits per heavy atom. The largest absolute Gasteiger partial charge is 0.489 e. The lowest BCUT2D eigenvalue weighted by atomic mass is 10.0. The van der Waals surface area contributed by atoms with Gasteiger partial charge in [0.25, 0.3) is 5.91 Å². The van der Waals surface area contributed by atoms with Gasteiger partial charge in [-0.1, -0.05) is 17.7 Å². The van der Waals surface area contributed by atoms with Crippen molar-refractivity contribution in [2.24, 2.45) is 0 Å². The standard InChI is InChI=1S/C25H27ClN4O3/c1-14-11-20-22(25(31)28-14)24(29-19-7-3-6-18(26)15(19)2)23(30-20)17-8-9-27-12-21(17)33-13-16-5-4-10-32-16/h3,6-9,12,14,16,29-30H,4-5,10-11,13H2,1-2H3,(H,28,31)/t14?,16-/m0/s1. The lowest BCUT2D eigenvalue weighted by Crippen LogP contribution is -2.39. The van der Waals surface area contributed by atoms with Gasteiger partial charge in [0, 0.05) is 47.2 Å². The highest BCUT2D eigenvalue weighted by atomic mass is 35.5. The lowest BCUT2D eigenvalue weighted by molar-refractivity contribution is 0.0680. The van der Waals surface area contributed by atoms with Gasteiger partial charge in [0.05, 0.1) is 29.2 Å². The summed E-state index contributed by atoms with van der Waals surface area (Å²) in [6.07, 6.45) is 6.28. The number of rotatable bonds is 6. The van der Waals surface area contributed by atoms with Crippen molar-refractivity contribution in [1.82, 2.24) is 15.3 Å². The zero-order chi connectivity index (χ0) is 22.9. The summed E-state index contributed by atoms with van der Waals surface area (Å²) in [4.78, 5) is 20.8. The van der Waals surface area contributed by atoms with Crippen LogP contribution in [0.3, 0.4) is 0 Å². The van der Waals surface area contributed by atoms with E-state index in [1.54, 1.807) is 12.4 Å². The monoisotopic (exact) mass is 466 g/mol. The Hall–Kier alpha value is -3.03. The fourth-order valence-electron chi connectivity index (χ4n) is 4.47. The van der Waals surface area contributed by atoms with E-state index in [1.807, 2.05) is 38.1 Å². The third kappa shape index (κ3) is 4.30. The van der Waals surface area contributed by atoms with Gasteiger partial charge in [0.15, 0.2) is 0 Å². The molecule has 2 aromatic heterocycles. The van der Waals surface area contributed by atoms with Gasteiger partial charge in [0.2, 0.25) is 0 Å². The van der Waals surface area contributed by atoms with E-state index in [9.17, 15) is 4.79 Å². The fourth-order valence-corrected chi connectivity index (χ4v) is 4.65. The van der Waals surface area contributed by atoms with E-state index in [2.05, 4.69) is 20.6 Å². The van der Waals surface area contributed by atoms with Gasteiger partial charge in [-0.2, -0.15) is 0 Å². The highest BCUT2D eigenvalue weighted by Crippen LogP contribution is 2.41. The van der Waals surface area contributed by atoms with Gasteiger partial charge < -0.3 is 25.1 Å². The zero-order valence-electron chi connectivity index (χ0n) is 18.7. The van der Waals surface area contributed by atoms with Crippen molar-refractivity contribution < 1.29 is 14.3 Å². The number of fused-ring (bicyclic) bond motifs is 1. The molecule has 172 valence electrons. The summed E-state index contributed by atoms with van der Waals surface area (Å²) in [6.45, 7) is 5.19. The second kappa shape index (κ2) is 9.08. The lowest BCUT2D eigenvalue weighted by Gasteiger charge is -2.21. The molecule has 1 fully saturated rings. The molecule has 4 heterocycles. The number of carbonyl (C=O) groups excluding carboxylic acids is 1. The molecule has 33 heavy (non-hydrogen) atoms. The molecule has 1 unspecified atom stereocenters. The van der Waals surface area contributed by atoms with Crippen LogP contribution >= 0.6 is 11.6 Å². The first-order chi connectivity index (χ1) is 16.0. The highest BCUT2D eigenvalue weighted by molar-refractivity contribution is 6.31. The number of benzene rings is 1. The second-order valence-corrected chi connectivity index (χ2v) is 9.07. The molecule has 0 radical (unpaired) electrons. The van der Waals surface area contributed by atoms with Gasteiger partial charge in [0.1, 0.15) is 12.4 Å². The maximum absolute atomic E-state index is 13.0. The predicted molar refractivity (Wildman–Crippen MR) is 129 cm³/mol. The van der Waals surface area contributed by atoms with Crippen molar-refractivity contribution >= 4 is 28.9 Å². The molecule has 1 aromatic carbocycles. The zero-order valence-corrected chi connectivity index (χ0v) is 19.5. The SMILES string of the molecule is Cc1c(Cl)cccc1Nc1c(-c2ccncc2OC[C@@H]2CCCO2)[nH]c2c1C(=O)NC(C)C2. The van der Waals surface area contributed by atoms with Crippen molar-refractivity contribution in [3.8, 4) is 17.0 Å². The number of carbonyl (C=O) groups is 1. The molecule has 0 bridgehead atoms. The Kier molecular flexibility index (Phi) is 6.00. The van der Waals surface area contributed by atoms with Gasteiger partial charge in [-0.15, -0.1) is 0 Å². The number of H-pyrrole nitrogens is 1. The fraction of sp³-hybridized carbons (Fsp3) is 0.360. The van der Waals surface area contributed by atoms with E-state index in [1.165, 1.54) is 0 Å². The van der Waals surface area contributed by atoms with Gasteiger partial charge in [-0.05, 0) is 50.5 Å². The van der Waals surface area contributed by atoms with E-state index in [4.69, 9.17) is 21.1 Å². The average Bonchev–Trinajstić information content (AvgIpc) is 3.44. The van der Waals surface area contributed by atoms with Crippen molar-refractivity contribution in [2.75, 3.05) is 18.5 Å². The Bertz CT molecular complexity index is 1190. The molecule has 1 amide bonds. The van der Waals surface area contributed by atoms with E-state index in [-0.39, 0.29) is 18.1 Å². The van der Waals surface area contributed by atoms with E-state index >= 15 is 0 Å². The van der Waals surface area contributed by atoms with E-state index < -0.39 is 0 Å². The van der Waals surface area contributed by atoms with Crippen LogP contribution in [0.4, 0.5) is 11.4 Å². The van der Waals surface area contributed by atoms with Crippen LogP contribution in [0, 0.1) is 6.92 Å². The molecule has 0 spiro atoms. The molecule has 0 aliphatic carbocycles. The Morgan fingerprint density at radius 3 is 3.03 bits per heavy atom. The normalized spacial score (nSPS) is 19.8. The Labute approximate surface area is 197 Å². The van der Waals surface area contributed by atoms with Gasteiger partial charge in [-0.3, -0.25) is 9.78 Å². The minimum Gasteiger partial charge on any atom is -0.489 e. The maximum atomic E-state index is 13.0. The number of hydrogen-bond donors (Lipinski definition) is 3. The number of nitrogens with zero attached hydrogens (tertiary/aromatic N) is 1. The first-order valence-corrected chi connectivity index (χ1v) is 11.7. The van der Waals surface area contributed by atoms with Crippen molar-refractivity contribution in [3.05, 3.63) is 58.5 Å². The number of hydrogen-bond acceptors (Lipinski definition) is 5. The summed E-state index contributed by atoms with van der Waals surface area (Å²) in [6, 6.07) is 7.64. The average molecular weight is 467 g/mol. The molecular formula is C25H27ClN4O3. The number of aromatic nitrogens is 2. The van der Waals surface area contributed by atoms with Crippen molar-refractivity contribution in [1.29, 1.82) is 0 Å². The van der Waals surface area contributed by atoms with Crippen LogP contribution in [0.2, 0.25) is 5.02 Å². The third-order valence-electron chi connectivity index (χ3n) is 6.22. The number of aromatic amines is 1. The molecular weight excluding hydrogens is 440 g/mol. The molecule has 8 heteroatoms. The summed E-state index contributed by atoms with van der Waals surface area (Å²) >= 11 is 6.36. The van der Waals surface area contributed by atoms with E-state index in [0.29, 0.717) is 35.1 Å². The molecule has 1 saturated heterocycles. The number of anilines is 2. The van der Waals surface area contributed by atoms with Crippen LogP contribution in [0.15, 0.2) is 36.7 Å². The summed E-state index contributed by atoms with van der Waals surface area (Å²) in [5.74, 6) is 0.537. The van der Waals surface area contributed by atoms with Crippen LogP contribution < -0.4 is 15.4 Å². The van der Waals surface area contributed by atoms with Crippen LogP contribution in [0.5, 0.6) is 5.75 Å². The minimum atomic E-state index is -0.107. The van der Waals surface area contributed by atoms with Crippen molar-refractivity contribution in [2.45, 2.75) is 45.3 Å². The number of pyridine rings is 1. The first kappa shape index (κ1) is 21.8. The van der Waals surface area contributed by atoms with Crippen LogP contribution in [-0.4, -0.2) is 41.2 Å². The van der Waals surface area contributed by atoms with Crippen molar-refractivity contribution in [3.63, 3.8) is 0 Å². The molecule has 2 aliphatic rings. The molecule has 7 nitrogen and oxygen atoms in total. The second-order valence-electron chi connectivity index (χ2n) is 8.66. The third-order valence-corrected chi connectivity index (χ3v) is 6.63. The molecule has 5 rings (SSSR count). The van der Waals surface area contributed by atoms with Crippen LogP contribution in [0.25, 0.3) is 11.3 Å². The minimum absolute atomic E-state index is 0.0462. The highest BCUT2D eigenvalue weighted by Gasteiger charge is 2.31. The summed E-state index contributed by atoms with van der Waals surface area (Å²) < 4.78 is 11.9. The summed E-state index contributed by atoms with van der Waals surface area (Å²) in [5, 5.41) is 7.19. The molecule has 3 aromatic rings. The number of ether oxygens (including phenoxy) is 2. The topological polar surface area (TPSA) is 88.3 Å². The molecule has 2 aliphatic heterocycles. The Morgan fingerprint density at radius 1 is 1.33 bits per heavy atom. The number of nitrogens with one attached hydrogen (secondary N) is 3. The van der Waals surface area contributed by atoms with Gasteiger partial charge in [-0.25, -0.2) is 0 Å². The van der Waals surface area contributed by atoms with Crippen LogP contribution in [-0.2, 0) is 11.2 Å².